The molecule has 0 fully saturated rings. The van der Waals surface area contributed by atoms with Gasteiger partial charge in [0.2, 0.25) is 10.0 Å². The van der Waals surface area contributed by atoms with Crippen LogP contribution in [0.25, 0.3) is 0 Å². The van der Waals surface area contributed by atoms with Crippen molar-refractivity contribution >= 4 is 10.0 Å². The minimum absolute atomic E-state index is 0.0370. The van der Waals surface area contributed by atoms with Crippen LogP contribution in [-0.4, -0.2) is 35.3 Å². The van der Waals surface area contributed by atoms with Gasteiger partial charge in [-0.25, -0.2) is 13.1 Å². The molecule has 0 amide bonds. The summed E-state index contributed by atoms with van der Waals surface area (Å²) in [4.78, 5) is 3.92. The Hall–Kier alpha value is -2.21. The lowest BCUT2D eigenvalue weighted by atomic mass is 10.3. The molecule has 0 saturated heterocycles. The molecule has 7 nitrogen and oxygen atoms in total. The SMILES string of the molecule is O=S(=O)(NCc1cn[nH]c1)c1cncc(C#CCCO)c1. The van der Waals surface area contributed by atoms with Gasteiger partial charge in [0.15, 0.2) is 0 Å². The molecule has 0 aliphatic carbocycles. The molecule has 0 radical (unpaired) electrons. The molecule has 8 heteroatoms. The highest BCUT2D eigenvalue weighted by molar-refractivity contribution is 7.89. The summed E-state index contributed by atoms with van der Waals surface area (Å²) in [6.45, 7) is 0.101. The van der Waals surface area contributed by atoms with E-state index in [-0.39, 0.29) is 18.0 Å². The van der Waals surface area contributed by atoms with E-state index >= 15 is 0 Å². The fraction of sp³-hybridized carbons (Fsp3) is 0.231. The van der Waals surface area contributed by atoms with Gasteiger partial charge in [-0.3, -0.25) is 10.1 Å². The number of rotatable bonds is 5. The number of pyridine rings is 1. The molecule has 2 aromatic heterocycles. The van der Waals surface area contributed by atoms with E-state index in [1.54, 1.807) is 6.20 Å². The average molecular weight is 306 g/mol. The van der Waals surface area contributed by atoms with Gasteiger partial charge in [-0.05, 0) is 6.07 Å². The lowest BCUT2D eigenvalue weighted by Crippen LogP contribution is -2.23. The van der Waals surface area contributed by atoms with E-state index in [4.69, 9.17) is 5.11 Å². The molecule has 110 valence electrons. The maximum absolute atomic E-state index is 12.1. The summed E-state index contributed by atoms with van der Waals surface area (Å²) < 4.78 is 26.7. The van der Waals surface area contributed by atoms with E-state index in [2.05, 4.69) is 31.7 Å². The van der Waals surface area contributed by atoms with E-state index in [0.717, 1.165) is 5.56 Å². The second-order valence-electron chi connectivity index (χ2n) is 4.12. The fourth-order valence-electron chi connectivity index (χ4n) is 1.49. The van der Waals surface area contributed by atoms with E-state index in [0.29, 0.717) is 12.0 Å². The number of aromatic amines is 1. The summed E-state index contributed by atoms with van der Waals surface area (Å²) in [7, 11) is -3.66. The summed E-state index contributed by atoms with van der Waals surface area (Å²) in [6, 6.07) is 1.44. The van der Waals surface area contributed by atoms with Gasteiger partial charge in [0.05, 0.1) is 12.8 Å². The van der Waals surface area contributed by atoms with Gasteiger partial charge in [-0.15, -0.1) is 0 Å². The third-order valence-electron chi connectivity index (χ3n) is 2.51. The zero-order chi connectivity index (χ0) is 15.1. The Labute approximate surface area is 122 Å². The van der Waals surface area contributed by atoms with Crippen molar-refractivity contribution in [3.63, 3.8) is 0 Å². The maximum Gasteiger partial charge on any atom is 0.242 e. The Morgan fingerprint density at radius 3 is 2.90 bits per heavy atom. The molecular weight excluding hydrogens is 292 g/mol. The molecule has 0 aliphatic heterocycles. The van der Waals surface area contributed by atoms with Crippen LogP contribution >= 0.6 is 0 Å². The lowest BCUT2D eigenvalue weighted by Gasteiger charge is -2.05. The predicted molar refractivity (Wildman–Crippen MR) is 75.4 cm³/mol. The summed E-state index contributed by atoms with van der Waals surface area (Å²) in [5, 5.41) is 15.0. The minimum Gasteiger partial charge on any atom is -0.395 e. The molecule has 0 aliphatic rings. The first kappa shape index (κ1) is 15.2. The first-order chi connectivity index (χ1) is 10.1. The van der Waals surface area contributed by atoms with Crippen molar-refractivity contribution in [1.82, 2.24) is 19.9 Å². The van der Waals surface area contributed by atoms with Crippen LogP contribution in [0.5, 0.6) is 0 Å². The second-order valence-corrected chi connectivity index (χ2v) is 5.88. The molecule has 2 rings (SSSR count). The van der Waals surface area contributed by atoms with Crippen molar-refractivity contribution in [3.05, 3.63) is 42.0 Å². The van der Waals surface area contributed by atoms with Gasteiger partial charge < -0.3 is 5.11 Å². The largest absolute Gasteiger partial charge is 0.395 e. The molecule has 0 bridgehead atoms. The number of aromatic nitrogens is 3. The number of aliphatic hydroxyl groups is 1. The molecule has 0 saturated carbocycles. The number of nitrogens with one attached hydrogen (secondary N) is 2. The normalized spacial score (nSPS) is 10.9. The zero-order valence-electron chi connectivity index (χ0n) is 11.1. The van der Waals surface area contributed by atoms with Gasteiger partial charge in [0.25, 0.3) is 0 Å². The van der Waals surface area contributed by atoms with Crippen molar-refractivity contribution in [1.29, 1.82) is 0 Å². The number of hydrogen-bond donors (Lipinski definition) is 3. The van der Waals surface area contributed by atoms with Gasteiger partial charge >= 0.3 is 0 Å². The quantitative estimate of drug-likeness (QED) is 0.675. The molecule has 0 atom stereocenters. The zero-order valence-corrected chi connectivity index (χ0v) is 11.9. The van der Waals surface area contributed by atoms with Crippen LogP contribution in [0.4, 0.5) is 0 Å². The summed E-state index contributed by atoms with van der Waals surface area (Å²) >= 11 is 0. The highest BCUT2D eigenvalue weighted by Crippen LogP contribution is 2.09. The topological polar surface area (TPSA) is 108 Å². The van der Waals surface area contributed by atoms with Crippen LogP contribution in [0.2, 0.25) is 0 Å². The standard InChI is InChI=1S/C13H14N4O3S/c18-4-2-1-3-11-5-13(10-14-6-11)21(19,20)17-9-12-7-15-16-8-12/h5-8,10,17-18H,2,4,9H2,(H,15,16). The van der Waals surface area contributed by atoms with Gasteiger partial charge in [0, 0.05) is 42.7 Å². The Bertz CT molecular complexity index is 745. The lowest BCUT2D eigenvalue weighted by molar-refractivity contribution is 0.305. The Morgan fingerprint density at radius 2 is 2.19 bits per heavy atom. The first-order valence-corrected chi connectivity index (χ1v) is 7.62. The summed E-state index contributed by atoms with van der Waals surface area (Å²) in [5.74, 6) is 5.46. The first-order valence-electron chi connectivity index (χ1n) is 6.14. The van der Waals surface area contributed by atoms with Crippen LogP contribution < -0.4 is 4.72 Å². The average Bonchev–Trinajstić information content (AvgIpc) is 2.99. The van der Waals surface area contributed by atoms with Gasteiger partial charge in [0.1, 0.15) is 4.90 Å². The van der Waals surface area contributed by atoms with Crippen LogP contribution in [0, 0.1) is 11.8 Å². The van der Waals surface area contributed by atoms with Crippen LogP contribution in [-0.2, 0) is 16.6 Å². The third-order valence-corrected chi connectivity index (χ3v) is 3.88. The number of aliphatic hydroxyl groups excluding tert-OH is 1. The van der Waals surface area contributed by atoms with Crippen molar-refractivity contribution in [2.45, 2.75) is 17.9 Å². The smallest absolute Gasteiger partial charge is 0.242 e. The van der Waals surface area contributed by atoms with Crippen LogP contribution in [0.15, 0.2) is 35.7 Å². The fourth-order valence-corrected chi connectivity index (χ4v) is 2.50. The Morgan fingerprint density at radius 1 is 1.33 bits per heavy atom. The molecule has 0 aromatic carbocycles. The molecule has 0 unspecified atom stereocenters. The molecule has 3 N–H and O–H groups in total. The molecule has 2 heterocycles. The number of sulfonamides is 1. The summed E-state index contributed by atoms with van der Waals surface area (Å²) in [5.41, 5.74) is 1.21. The van der Waals surface area contributed by atoms with Crippen LogP contribution in [0.3, 0.4) is 0 Å². The van der Waals surface area contributed by atoms with Crippen molar-refractivity contribution in [2.24, 2.45) is 0 Å². The van der Waals surface area contributed by atoms with Crippen LogP contribution in [0.1, 0.15) is 17.5 Å². The van der Waals surface area contributed by atoms with E-state index in [9.17, 15) is 8.42 Å². The number of H-pyrrole nitrogens is 1. The monoisotopic (exact) mass is 306 g/mol. The molecular formula is C13H14N4O3S. The third kappa shape index (κ3) is 4.39. The summed E-state index contributed by atoms with van der Waals surface area (Å²) in [6.07, 6.45) is 6.21. The van der Waals surface area contributed by atoms with E-state index < -0.39 is 10.0 Å². The minimum atomic E-state index is -3.66. The van der Waals surface area contributed by atoms with Gasteiger partial charge in [-0.1, -0.05) is 11.8 Å². The number of nitrogens with zero attached hydrogens (tertiary/aromatic N) is 2. The number of hydrogen-bond acceptors (Lipinski definition) is 5. The Balaban J connectivity index is 2.12. The molecule has 2 aromatic rings. The van der Waals surface area contributed by atoms with E-state index in [1.165, 1.54) is 24.7 Å². The maximum atomic E-state index is 12.1. The molecule has 0 spiro atoms. The van der Waals surface area contributed by atoms with Gasteiger partial charge in [-0.2, -0.15) is 5.10 Å². The highest BCUT2D eigenvalue weighted by Gasteiger charge is 2.14. The van der Waals surface area contributed by atoms with Crippen molar-refractivity contribution < 1.29 is 13.5 Å². The van der Waals surface area contributed by atoms with Crippen molar-refractivity contribution in [2.75, 3.05) is 6.61 Å². The highest BCUT2D eigenvalue weighted by atomic mass is 32.2. The second kappa shape index (κ2) is 6.99. The Kier molecular flexibility index (Phi) is 5.05. The molecule has 21 heavy (non-hydrogen) atoms. The van der Waals surface area contributed by atoms with E-state index in [1.807, 2.05) is 0 Å². The predicted octanol–water partition coefficient (Wildman–Crippen LogP) is 0.0171. The van der Waals surface area contributed by atoms with Crippen molar-refractivity contribution in [3.8, 4) is 11.8 Å².